The van der Waals surface area contributed by atoms with Gasteiger partial charge in [0.25, 0.3) is 0 Å². The zero-order chi connectivity index (χ0) is 25.8. The average molecular weight is 506 g/mol. The van der Waals surface area contributed by atoms with Crippen molar-refractivity contribution in [2.24, 2.45) is 18.7 Å². The van der Waals surface area contributed by atoms with Crippen LogP contribution in [0.4, 0.5) is 10.5 Å². The molecule has 1 unspecified atom stereocenters. The number of thiophene rings is 1. The van der Waals surface area contributed by atoms with Gasteiger partial charge in [0.2, 0.25) is 0 Å². The van der Waals surface area contributed by atoms with Gasteiger partial charge < -0.3 is 15.2 Å². The molecule has 0 aliphatic heterocycles. The average Bonchev–Trinajstić information content (AvgIpc) is 3.40. The van der Waals surface area contributed by atoms with E-state index in [0.29, 0.717) is 22.2 Å². The molecule has 2 heterocycles. The van der Waals surface area contributed by atoms with E-state index >= 15 is 0 Å². The molecule has 0 saturated heterocycles. The number of rotatable bonds is 9. The lowest BCUT2D eigenvalue weighted by Gasteiger charge is -2.20. The number of amides is 1. The smallest absolute Gasteiger partial charge is 0.411 e. The molecule has 0 aliphatic rings. The summed E-state index contributed by atoms with van der Waals surface area (Å²) in [6.45, 7) is 6.15. The zero-order valence-electron chi connectivity index (χ0n) is 20.9. The van der Waals surface area contributed by atoms with Gasteiger partial charge in [-0.1, -0.05) is 50.2 Å². The van der Waals surface area contributed by atoms with E-state index < -0.39 is 12.2 Å². The Bertz CT molecular complexity index is 1380. The molecule has 4 rings (SSSR count). The number of anilines is 1. The van der Waals surface area contributed by atoms with Crippen LogP contribution >= 0.6 is 11.3 Å². The first-order valence-corrected chi connectivity index (χ1v) is 12.6. The molecule has 1 atom stereocenters. The normalized spacial score (nSPS) is 12.0. The molecule has 2 aromatic carbocycles. The van der Waals surface area contributed by atoms with Crippen LogP contribution in [0.3, 0.4) is 0 Å². The number of carbonyl (C=O) groups is 1. The van der Waals surface area contributed by atoms with Crippen molar-refractivity contribution >= 4 is 39.0 Å². The van der Waals surface area contributed by atoms with E-state index in [1.807, 2.05) is 68.6 Å². The summed E-state index contributed by atoms with van der Waals surface area (Å²) in [7, 11) is 1.86. The van der Waals surface area contributed by atoms with Crippen molar-refractivity contribution in [3.05, 3.63) is 76.4 Å². The fraction of sp³-hybridized carbons (Fsp3) is 0.296. The topological polar surface area (TPSA) is 115 Å². The van der Waals surface area contributed by atoms with Crippen molar-refractivity contribution in [2.75, 3.05) is 11.9 Å². The molecule has 0 radical (unpaired) electrons. The Morgan fingerprint density at radius 2 is 1.94 bits per heavy atom. The van der Waals surface area contributed by atoms with E-state index in [1.54, 1.807) is 4.68 Å². The second kappa shape index (κ2) is 10.8. The fourth-order valence-electron chi connectivity index (χ4n) is 3.95. The molecule has 9 heteroatoms. The predicted molar refractivity (Wildman–Crippen MR) is 144 cm³/mol. The van der Waals surface area contributed by atoms with Crippen molar-refractivity contribution in [3.8, 4) is 5.75 Å². The van der Waals surface area contributed by atoms with Crippen LogP contribution in [-0.2, 0) is 18.2 Å². The van der Waals surface area contributed by atoms with Crippen molar-refractivity contribution in [1.82, 2.24) is 9.78 Å². The van der Waals surface area contributed by atoms with Gasteiger partial charge in [-0.2, -0.15) is 5.10 Å². The van der Waals surface area contributed by atoms with Crippen LogP contribution in [0, 0.1) is 18.3 Å². The maximum Gasteiger partial charge on any atom is 0.411 e. The molecular weight excluding hydrogens is 474 g/mol. The molecule has 2 aromatic heterocycles. The molecule has 36 heavy (non-hydrogen) atoms. The summed E-state index contributed by atoms with van der Waals surface area (Å²) in [4.78, 5) is 13.5. The minimum Gasteiger partial charge on any atom is -0.481 e. The summed E-state index contributed by atoms with van der Waals surface area (Å²) < 4.78 is 14.8. The minimum atomic E-state index is -0.562. The SMILES string of the molecule is Cc1c(NC(=O)OCC(Oc2cccc3sc(C(=N)N)cc23)c2ccccc2)c(CC(C)C)nn1C. The maximum absolute atomic E-state index is 12.8. The van der Waals surface area contributed by atoms with Gasteiger partial charge in [0.05, 0.1) is 22.0 Å². The van der Waals surface area contributed by atoms with Crippen molar-refractivity contribution in [3.63, 3.8) is 0 Å². The Balaban J connectivity index is 1.54. The molecule has 4 N–H and O–H groups in total. The molecule has 0 aliphatic carbocycles. The molecule has 0 fully saturated rings. The number of amidine groups is 1. The van der Waals surface area contributed by atoms with Gasteiger partial charge in [-0.25, -0.2) is 4.79 Å². The second-order valence-electron chi connectivity index (χ2n) is 9.06. The molecule has 1 amide bonds. The van der Waals surface area contributed by atoms with Gasteiger partial charge in [-0.3, -0.25) is 15.4 Å². The number of nitrogens with zero attached hydrogens (tertiary/aromatic N) is 2. The number of ether oxygens (including phenoxy) is 2. The van der Waals surface area contributed by atoms with E-state index in [2.05, 4.69) is 24.3 Å². The number of hydrogen-bond acceptors (Lipinski definition) is 6. The van der Waals surface area contributed by atoms with Crippen LogP contribution in [-0.4, -0.2) is 28.3 Å². The van der Waals surface area contributed by atoms with Gasteiger partial charge in [0, 0.05) is 17.1 Å². The summed E-state index contributed by atoms with van der Waals surface area (Å²) >= 11 is 1.44. The number of nitrogens with one attached hydrogen (secondary N) is 2. The maximum atomic E-state index is 12.8. The summed E-state index contributed by atoms with van der Waals surface area (Å²) in [6, 6.07) is 17.2. The Hall–Kier alpha value is -3.85. The fourth-order valence-corrected chi connectivity index (χ4v) is 4.89. The molecule has 8 nitrogen and oxygen atoms in total. The lowest BCUT2D eigenvalue weighted by Crippen LogP contribution is -2.22. The summed E-state index contributed by atoms with van der Waals surface area (Å²) in [5.74, 6) is 1.05. The highest BCUT2D eigenvalue weighted by molar-refractivity contribution is 7.20. The highest BCUT2D eigenvalue weighted by Gasteiger charge is 2.21. The molecule has 0 saturated carbocycles. The number of benzene rings is 2. The quantitative estimate of drug-likeness (QED) is 0.197. The van der Waals surface area contributed by atoms with E-state index in [-0.39, 0.29) is 12.4 Å². The third-order valence-corrected chi connectivity index (χ3v) is 6.96. The van der Waals surface area contributed by atoms with Gasteiger partial charge in [-0.05, 0) is 43.0 Å². The lowest BCUT2D eigenvalue weighted by atomic mass is 10.1. The number of fused-ring (bicyclic) bond motifs is 1. The van der Waals surface area contributed by atoms with Crippen LogP contribution in [0.5, 0.6) is 5.75 Å². The lowest BCUT2D eigenvalue weighted by molar-refractivity contribution is 0.0910. The molecular formula is C27H31N5O3S. The molecule has 4 aromatic rings. The van der Waals surface area contributed by atoms with Gasteiger partial charge in [-0.15, -0.1) is 11.3 Å². The second-order valence-corrected chi connectivity index (χ2v) is 10.1. The number of carbonyl (C=O) groups excluding carboxylic acids is 1. The zero-order valence-corrected chi connectivity index (χ0v) is 21.7. The van der Waals surface area contributed by atoms with Crippen LogP contribution in [0.1, 0.15) is 41.8 Å². The number of nitrogen functional groups attached to an aromatic ring is 1. The van der Waals surface area contributed by atoms with Crippen molar-refractivity contribution < 1.29 is 14.3 Å². The number of aryl methyl sites for hydroxylation is 1. The van der Waals surface area contributed by atoms with E-state index in [1.165, 1.54) is 11.3 Å². The first kappa shape index (κ1) is 25.2. The highest BCUT2D eigenvalue weighted by atomic mass is 32.1. The number of aromatic nitrogens is 2. The molecule has 188 valence electrons. The van der Waals surface area contributed by atoms with Crippen LogP contribution in [0.15, 0.2) is 54.6 Å². The Labute approximate surface area is 214 Å². The third kappa shape index (κ3) is 5.68. The van der Waals surface area contributed by atoms with Gasteiger partial charge in [0.15, 0.2) is 6.10 Å². The molecule has 0 spiro atoms. The number of nitrogens with two attached hydrogens (primary N) is 1. The van der Waals surface area contributed by atoms with Crippen molar-refractivity contribution in [1.29, 1.82) is 5.41 Å². The van der Waals surface area contributed by atoms with Crippen LogP contribution in [0.25, 0.3) is 10.1 Å². The predicted octanol–water partition coefficient (Wildman–Crippen LogP) is 5.79. The Kier molecular flexibility index (Phi) is 7.59. The highest BCUT2D eigenvalue weighted by Crippen LogP contribution is 2.35. The Morgan fingerprint density at radius 1 is 1.19 bits per heavy atom. The Morgan fingerprint density at radius 3 is 2.64 bits per heavy atom. The van der Waals surface area contributed by atoms with Gasteiger partial charge >= 0.3 is 6.09 Å². The van der Waals surface area contributed by atoms with E-state index in [4.69, 9.17) is 20.6 Å². The van der Waals surface area contributed by atoms with Crippen molar-refractivity contribution in [2.45, 2.75) is 33.3 Å². The first-order valence-electron chi connectivity index (χ1n) is 11.8. The van der Waals surface area contributed by atoms with Crippen LogP contribution in [0.2, 0.25) is 0 Å². The van der Waals surface area contributed by atoms with Crippen LogP contribution < -0.4 is 15.8 Å². The third-order valence-electron chi connectivity index (χ3n) is 5.83. The number of hydrogen-bond donors (Lipinski definition) is 3. The minimum absolute atomic E-state index is 0.00869. The standard InChI is InChI=1S/C27H31N5O3S/c1-16(2)13-20-25(17(3)32(4)31-20)30-27(33)34-15-22(18-9-6-5-7-10-18)35-21-11-8-12-23-19(21)14-24(36-23)26(28)29/h5-12,14,16,22H,13,15H2,1-4H3,(H3,28,29)(H,30,33). The monoisotopic (exact) mass is 505 g/mol. The summed E-state index contributed by atoms with van der Waals surface area (Å²) in [5.41, 5.74) is 8.96. The van der Waals surface area contributed by atoms with Gasteiger partial charge in [0.1, 0.15) is 18.2 Å². The van der Waals surface area contributed by atoms with E-state index in [0.717, 1.165) is 33.5 Å². The summed E-state index contributed by atoms with van der Waals surface area (Å²) in [6.07, 6.45) is -0.346. The summed E-state index contributed by atoms with van der Waals surface area (Å²) in [5, 5.41) is 16.1. The largest absolute Gasteiger partial charge is 0.481 e. The van der Waals surface area contributed by atoms with E-state index in [9.17, 15) is 4.79 Å². The molecule has 0 bridgehead atoms. The first-order chi connectivity index (χ1) is 17.2.